The second-order valence-electron chi connectivity index (χ2n) is 5.80. The van der Waals surface area contributed by atoms with Gasteiger partial charge in [-0.05, 0) is 30.2 Å². The first-order valence-electron chi connectivity index (χ1n) is 7.81. The van der Waals surface area contributed by atoms with Crippen LogP contribution in [0, 0.1) is 6.92 Å². The summed E-state index contributed by atoms with van der Waals surface area (Å²) < 4.78 is 25.4. The van der Waals surface area contributed by atoms with Crippen molar-refractivity contribution in [2.45, 2.75) is 19.9 Å². The third-order valence-electron chi connectivity index (χ3n) is 3.81. The zero-order chi connectivity index (χ0) is 18.4. The summed E-state index contributed by atoms with van der Waals surface area (Å²) in [6.45, 7) is 2.27. The van der Waals surface area contributed by atoms with Gasteiger partial charge in [-0.1, -0.05) is 48.0 Å². The van der Waals surface area contributed by atoms with Crippen molar-refractivity contribution in [3.8, 4) is 0 Å². The Morgan fingerprint density at radius 2 is 1.76 bits per heavy atom. The molecule has 2 aromatic carbocycles. The van der Waals surface area contributed by atoms with Gasteiger partial charge in [0.15, 0.2) is 0 Å². The van der Waals surface area contributed by atoms with E-state index in [1.165, 1.54) is 4.31 Å². The van der Waals surface area contributed by atoms with Gasteiger partial charge in [-0.15, -0.1) is 0 Å². The predicted octanol–water partition coefficient (Wildman–Crippen LogP) is 3.44. The van der Waals surface area contributed by atoms with Crippen LogP contribution in [-0.2, 0) is 21.4 Å². The molecule has 1 amide bonds. The Bertz CT molecular complexity index is 853. The first kappa shape index (κ1) is 19.4. The number of aryl methyl sites for hydroxylation is 1. The third kappa shape index (κ3) is 5.85. The maximum atomic E-state index is 12.1. The van der Waals surface area contributed by atoms with Crippen molar-refractivity contribution >= 4 is 33.2 Å². The van der Waals surface area contributed by atoms with E-state index in [0.717, 1.165) is 17.4 Å². The van der Waals surface area contributed by atoms with Crippen molar-refractivity contribution in [1.82, 2.24) is 4.31 Å². The van der Waals surface area contributed by atoms with Crippen LogP contribution in [0.25, 0.3) is 0 Å². The smallest absolute Gasteiger partial charge is 0.225 e. The van der Waals surface area contributed by atoms with Gasteiger partial charge in [-0.3, -0.25) is 4.79 Å². The Morgan fingerprint density at radius 1 is 1.12 bits per heavy atom. The molecule has 0 aromatic heterocycles. The van der Waals surface area contributed by atoms with Gasteiger partial charge < -0.3 is 5.32 Å². The number of hydrogen-bond acceptors (Lipinski definition) is 3. The van der Waals surface area contributed by atoms with E-state index in [1.807, 2.05) is 31.2 Å². The number of nitrogens with one attached hydrogen (secondary N) is 1. The summed E-state index contributed by atoms with van der Waals surface area (Å²) in [6, 6.07) is 14.5. The number of carbonyl (C=O) groups excluding carboxylic acids is 1. The Morgan fingerprint density at radius 3 is 2.40 bits per heavy atom. The molecule has 7 heteroatoms. The van der Waals surface area contributed by atoms with Crippen LogP contribution in [0.4, 0.5) is 5.69 Å². The molecule has 0 radical (unpaired) electrons. The van der Waals surface area contributed by atoms with Crippen LogP contribution in [0.3, 0.4) is 0 Å². The number of para-hydroxylation sites is 1. The number of nitrogens with zero attached hydrogens (tertiary/aromatic N) is 1. The fraction of sp³-hybridized carbons (Fsp3) is 0.278. The second-order valence-corrected chi connectivity index (χ2v) is 8.19. The lowest BCUT2D eigenvalue weighted by Crippen LogP contribution is -2.32. The van der Waals surface area contributed by atoms with E-state index >= 15 is 0 Å². The van der Waals surface area contributed by atoms with Crippen molar-refractivity contribution < 1.29 is 13.2 Å². The summed E-state index contributed by atoms with van der Waals surface area (Å²) in [6.07, 6.45) is 1.20. The van der Waals surface area contributed by atoms with Gasteiger partial charge >= 0.3 is 0 Å². The van der Waals surface area contributed by atoms with Crippen LogP contribution in [0.5, 0.6) is 0 Å². The Balaban J connectivity index is 2.02. The van der Waals surface area contributed by atoms with Gasteiger partial charge in [0.05, 0.1) is 17.0 Å². The number of benzene rings is 2. The topological polar surface area (TPSA) is 66.5 Å². The van der Waals surface area contributed by atoms with E-state index < -0.39 is 10.0 Å². The summed E-state index contributed by atoms with van der Waals surface area (Å²) in [5.41, 5.74) is 2.44. The molecule has 134 valence electrons. The summed E-state index contributed by atoms with van der Waals surface area (Å²) in [5.74, 6) is -0.286. The first-order chi connectivity index (χ1) is 11.8. The first-order valence-corrected chi connectivity index (χ1v) is 10.0. The summed E-state index contributed by atoms with van der Waals surface area (Å²) >= 11 is 6.01. The van der Waals surface area contributed by atoms with Gasteiger partial charge in [-0.2, -0.15) is 4.31 Å². The van der Waals surface area contributed by atoms with Crippen molar-refractivity contribution in [1.29, 1.82) is 0 Å². The average Bonchev–Trinajstić information content (AvgIpc) is 2.54. The van der Waals surface area contributed by atoms with Gasteiger partial charge in [0, 0.05) is 19.5 Å². The molecule has 0 unspecified atom stereocenters. The number of sulfonamides is 1. The van der Waals surface area contributed by atoms with Crippen molar-refractivity contribution in [2.24, 2.45) is 0 Å². The zero-order valence-electron chi connectivity index (χ0n) is 14.2. The van der Waals surface area contributed by atoms with Crippen molar-refractivity contribution in [3.63, 3.8) is 0 Å². The minimum atomic E-state index is -3.43. The Kier molecular flexibility index (Phi) is 6.58. The van der Waals surface area contributed by atoms with Gasteiger partial charge in [0.2, 0.25) is 15.9 Å². The van der Waals surface area contributed by atoms with Crippen LogP contribution in [-0.4, -0.2) is 31.4 Å². The molecule has 0 aliphatic heterocycles. The number of anilines is 1. The number of hydrogen-bond donors (Lipinski definition) is 1. The average molecular weight is 381 g/mol. The standard InChI is InChI=1S/C18H21ClN2O3S/c1-14-7-3-4-8-15(14)13-21(25(2,23)24)12-11-18(22)20-17-10-6-5-9-16(17)19/h3-10H,11-13H2,1-2H3,(H,20,22). The maximum Gasteiger partial charge on any atom is 0.225 e. The van der Waals surface area contributed by atoms with Crippen molar-refractivity contribution in [3.05, 3.63) is 64.7 Å². The van der Waals surface area contributed by atoms with Gasteiger partial charge in [-0.25, -0.2) is 8.42 Å². The molecule has 0 heterocycles. The van der Waals surface area contributed by atoms with E-state index in [9.17, 15) is 13.2 Å². The fourth-order valence-electron chi connectivity index (χ4n) is 2.34. The quantitative estimate of drug-likeness (QED) is 0.800. The molecule has 0 atom stereocenters. The molecule has 0 aliphatic carbocycles. The van der Waals surface area contributed by atoms with Crippen LogP contribution in [0.1, 0.15) is 17.5 Å². The monoisotopic (exact) mass is 380 g/mol. The number of amides is 1. The largest absolute Gasteiger partial charge is 0.325 e. The molecule has 0 spiro atoms. The SMILES string of the molecule is Cc1ccccc1CN(CCC(=O)Nc1ccccc1Cl)S(C)(=O)=O. The number of rotatable bonds is 7. The van der Waals surface area contributed by atoms with Crippen LogP contribution >= 0.6 is 11.6 Å². The van der Waals surface area contributed by atoms with Gasteiger partial charge in [0.1, 0.15) is 0 Å². The summed E-state index contributed by atoms with van der Waals surface area (Å²) in [4.78, 5) is 12.1. The zero-order valence-corrected chi connectivity index (χ0v) is 15.8. The highest BCUT2D eigenvalue weighted by Crippen LogP contribution is 2.20. The normalized spacial score (nSPS) is 11.5. The van der Waals surface area contributed by atoms with Gasteiger partial charge in [0.25, 0.3) is 0 Å². The molecular formula is C18H21ClN2O3S. The van der Waals surface area contributed by atoms with E-state index in [0.29, 0.717) is 10.7 Å². The molecule has 2 rings (SSSR count). The summed E-state index contributed by atoms with van der Waals surface area (Å²) in [5, 5.41) is 3.14. The Labute approximate surface area is 153 Å². The molecular weight excluding hydrogens is 360 g/mol. The highest BCUT2D eigenvalue weighted by Gasteiger charge is 2.19. The lowest BCUT2D eigenvalue weighted by atomic mass is 10.1. The maximum absolute atomic E-state index is 12.1. The minimum Gasteiger partial charge on any atom is -0.325 e. The van der Waals surface area contributed by atoms with E-state index in [2.05, 4.69) is 5.32 Å². The minimum absolute atomic E-state index is 0.0458. The molecule has 0 aliphatic rings. The lowest BCUT2D eigenvalue weighted by molar-refractivity contribution is -0.116. The fourth-order valence-corrected chi connectivity index (χ4v) is 3.32. The predicted molar refractivity (Wildman–Crippen MR) is 101 cm³/mol. The van der Waals surface area contributed by atoms with E-state index in [4.69, 9.17) is 11.6 Å². The molecule has 0 fully saturated rings. The number of halogens is 1. The number of carbonyl (C=O) groups is 1. The molecule has 0 bridgehead atoms. The van der Waals surface area contributed by atoms with E-state index in [-0.39, 0.29) is 25.4 Å². The molecule has 0 saturated heterocycles. The van der Waals surface area contributed by atoms with Crippen molar-refractivity contribution in [2.75, 3.05) is 18.1 Å². The summed E-state index contributed by atoms with van der Waals surface area (Å²) in [7, 11) is -3.43. The van der Waals surface area contributed by atoms with Crippen LogP contribution in [0.2, 0.25) is 5.02 Å². The van der Waals surface area contributed by atoms with Crippen LogP contribution < -0.4 is 5.32 Å². The highest BCUT2D eigenvalue weighted by molar-refractivity contribution is 7.88. The molecule has 5 nitrogen and oxygen atoms in total. The van der Waals surface area contributed by atoms with Crippen LogP contribution in [0.15, 0.2) is 48.5 Å². The van der Waals surface area contributed by atoms with E-state index in [1.54, 1.807) is 24.3 Å². The second kappa shape index (κ2) is 8.47. The molecule has 25 heavy (non-hydrogen) atoms. The molecule has 1 N–H and O–H groups in total. The molecule has 2 aromatic rings. The third-order valence-corrected chi connectivity index (χ3v) is 5.39. The lowest BCUT2D eigenvalue weighted by Gasteiger charge is -2.21. The molecule has 0 saturated carbocycles. The highest BCUT2D eigenvalue weighted by atomic mass is 35.5. The Hall–Kier alpha value is -1.89.